The number of amides is 1. The van der Waals surface area contributed by atoms with E-state index in [-0.39, 0.29) is 5.82 Å². The number of hydrogen-bond acceptors (Lipinski definition) is 5. The van der Waals surface area contributed by atoms with Gasteiger partial charge in [0.15, 0.2) is 5.82 Å². The van der Waals surface area contributed by atoms with Gasteiger partial charge in [-0.2, -0.15) is 0 Å². The molecular formula is C10H19N3O4Si. The van der Waals surface area contributed by atoms with Gasteiger partial charge in [0.2, 0.25) is 0 Å². The molecule has 0 radical (unpaired) electrons. The summed E-state index contributed by atoms with van der Waals surface area (Å²) in [5, 5.41) is 0. The minimum Gasteiger partial charge on any atom is -0.377 e. The summed E-state index contributed by atoms with van der Waals surface area (Å²) in [5.74, 6) is -0.380. The molecule has 0 aliphatic rings. The van der Waals surface area contributed by atoms with E-state index < -0.39 is 14.7 Å². The Labute approximate surface area is 107 Å². The molecule has 0 unspecified atom stereocenters. The first-order valence-electron chi connectivity index (χ1n) is 5.56. The number of aryl methyl sites for hydroxylation is 1. The molecule has 0 aliphatic heterocycles. The minimum atomic E-state index is -2.52. The number of nitrogens with zero attached hydrogens (tertiary/aromatic N) is 1. The van der Waals surface area contributed by atoms with Gasteiger partial charge < -0.3 is 24.0 Å². The number of aromatic amines is 1. The van der Waals surface area contributed by atoms with E-state index in [4.69, 9.17) is 19.0 Å². The SMILES string of the molecule is CO[Si](CCCc1c[nH]c(C(N)=O)n1)(OC)OC. The lowest BCUT2D eigenvalue weighted by atomic mass is 10.3. The zero-order valence-electron chi connectivity index (χ0n) is 10.9. The summed E-state index contributed by atoms with van der Waals surface area (Å²) in [7, 11) is 2.23. The number of nitrogens with two attached hydrogens (primary N) is 1. The van der Waals surface area contributed by atoms with Crippen molar-refractivity contribution in [2.75, 3.05) is 21.3 Å². The van der Waals surface area contributed by atoms with Crippen LogP contribution in [0.15, 0.2) is 6.20 Å². The number of nitrogens with one attached hydrogen (secondary N) is 1. The molecule has 1 aromatic heterocycles. The van der Waals surface area contributed by atoms with Gasteiger partial charge in [-0.1, -0.05) is 0 Å². The number of carbonyl (C=O) groups is 1. The number of primary amides is 1. The van der Waals surface area contributed by atoms with Gasteiger partial charge in [-0.25, -0.2) is 4.98 Å². The maximum atomic E-state index is 10.9. The maximum Gasteiger partial charge on any atom is 0.500 e. The van der Waals surface area contributed by atoms with Crippen molar-refractivity contribution < 1.29 is 18.1 Å². The van der Waals surface area contributed by atoms with Crippen molar-refractivity contribution in [1.82, 2.24) is 9.97 Å². The van der Waals surface area contributed by atoms with Gasteiger partial charge in [0.05, 0.1) is 5.69 Å². The van der Waals surface area contributed by atoms with Crippen molar-refractivity contribution in [3.05, 3.63) is 17.7 Å². The molecule has 0 fully saturated rings. The average molecular weight is 273 g/mol. The predicted octanol–water partition coefficient (Wildman–Crippen LogP) is 0.319. The molecule has 102 valence electrons. The van der Waals surface area contributed by atoms with Crippen molar-refractivity contribution in [2.24, 2.45) is 5.73 Å². The third kappa shape index (κ3) is 3.64. The van der Waals surface area contributed by atoms with Gasteiger partial charge in [0.1, 0.15) is 0 Å². The Kier molecular flexibility index (Phi) is 5.47. The standard InChI is InChI=1S/C10H19N3O4Si/c1-15-18(16-2,17-3)6-4-5-8-7-12-10(13-8)9(11)14/h7H,4-6H2,1-3H3,(H2,11,14)(H,12,13). The van der Waals surface area contributed by atoms with Crippen LogP contribution in [0.1, 0.15) is 22.7 Å². The molecular weight excluding hydrogens is 254 g/mol. The normalized spacial score (nSPS) is 11.7. The molecule has 0 bridgehead atoms. The van der Waals surface area contributed by atoms with Gasteiger partial charge in [-0.3, -0.25) is 4.79 Å². The smallest absolute Gasteiger partial charge is 0.377 e. The fourth-order valence-electron chi connectivity index (χ4n) is 1.66. The second kappa shape index (κ2) is 6.64. The molecule has 1 aromatic rings. The summed E-state index contributed by atoms with van der Waals surface area (Å²) in [5.41, 5.74) is 5.89. The lowest BCUT2D eigenvalue weighted by Gasteiger charge is -2.23. The first-order valence-corrected chi connectivity index (χ1v) is 7.49. The third-order valence-corrected chi connectivity index (χ3v) is 5.55. The number of imidazole rings is 1. The molecule has 0 atom stereocenters. The van der Waals surface area contributed by atoms with Crippen LogP contribution in [0, 0.1) is 0 Å². The van der Waals surface area contributed by atoms with Gasteiger partial charge in [0, 0.05) is 33.6 Å². The minimum absolute atomic E-state index is 0.179. The Morgan fingerprint density at radius 1 is 1.39 bits per heavy atom. The number of hydrogen-bond donors (Lipinski definition) is 2. The topological polar surface area (TPSA) is 99.5 Å². The highest BCUT2D eigenvalue weighted by Crippen LogP contribution is 2.16. The van der Waals surface area contributed by atoms with Crippen LogP contribution in [0.3, 0.4) is 0 Å². The van der Waals surface area contributed by atoms with Crippen LogP contribution in [-0.2, 0) is 19.7 Å². The highest BCUT2D eigenvalue weighted by molar-refractivity contribution is 6.60. The van der Waals surface area contributed by atoms with Crippen molar-refractivity contribution in [3.8, 4) is 0 Å². The Balaban J connectivity index is 2.47. The third-order valence-electron chi connectivity index (χ3n) is 2.71. The number of aromatic nitrogens is 2. The highest BCUT2D eigenvalue weighted by Gasteiger charge is 2.36. The van der Waals surface area contributed by atoms with Crippen LogP contribution in [-0.4, -0.2) is 46.0 Å². The first kappa shape index (κ1) is 14.8. The molecule has 8 heteroatoms. The van der Waals surface area contributed by atoms with Crippen LogP contribution in [0.4, 0.5) is 0 Å². The first-order chi connectivity index (χ1) is 8.56. The molecule has 18 heavy (non-hydrogen) atoms. The second-order valence-electron chi connectivity index (χ2n) is 3.75. The van der Waals surface area contributed by atoms with Crippen molar-refractivity contribution >= 4 is 14.7 Å². The molecule has 0 saturated heterocycles. The number of carbonyl (C=O) groups excluding carboxylic acids is 1. The quantitative estimate of drug-likeness (QED) is 0.664. The number of H-pyrrole nitrogens is 1. The highest BCUT2D eigenvalue weighted by atomic mass is 28.4. The Hall–Kier alpha value is -1.22. The van der Waals surface area contributed by atoms with Crippen molar-refractivity contribution in [3.63, 3.8) is 0 Å². The van der Waals surface area contributed by atoms with Gasteiger partial charge in [-0.15, -0.1) is 0 Å². The summed E-state index contributed by atoms with van der Waals surface area (Å²) in [6.07, 6.45) is 3.18. The zero-order valence-corrected chi connectivity index (χ0v) is 11.9. The summed E-state index contributed by atoms with van der Waals surface area (Å²) in [6, 6.07) is 0.690. The van der Waals surface area contributed by atoms with Crippen molar-refractivity contribution in [2.45, 2.75) is 18.9 Å². The van der Waals surface area contributed by atoms with Crippen molar-refractivity contribution in [1.29, 1.82) is 0 Å². The Morgan fingerprint density at radius 3 is 2.44 bits per heavy atom. The second-order valence-corrected chi connectivity index (χ2v) is 6.84. The molecule has 1 rings (SSSR count). The Morgan fingerprint density at radius 2 is 2.00 bits per heavy atom. The van der Waals surface area contributed by atoms with Gasteiger partial charge >= 0.3 is 8.80 Å². The lowest BCUT2D eigenvalue weighted by molar-refractivity contribution is 0.0991. The molecule has 3 N–H and O–H groups in total. The summed E-state index contributed by atoms with van der Waals surface area (Å²) >= 11 is 0. The monoisotopic (exact) mass is 273 g/mol. The van der Waals surface area contributed by atoms with E-state index in [0.29, 0.717) is 12.5 Å². The van der Waals surface area contributed by atoms with E-state index in [9.17, 15) is 4.79 Å². The van der Waals surface area contributed by atoms with Crippen LogP contribution >= 0.6 is 0 Å². The van der Waals surface area contributed by atoms with E-state index >= 15 is 0 Å². The molecule has 7 nitrogen and oxygen atoms in total. The molecule has 0 aliphatic carbocycles. The summed E-state index contributed by atoms with van der Waals surface area (Å²) in [6.45, 7) is 0. The van der Waals surface area contributed by atoms with Crippen LogP contribution in [0.5, 0.6) is 0 Å². The van der Waals surface area contributed by atoms with Crippen LogP contribution < -0.4 is 5.73 Å². The molecule has 0 spiro atoms. The van der Waals surface area contributed by atoms with E-state index in [1.807, 2.05) is 0 Å². The predicted molar refractivity (Wildman–Crippen MR) is 67.0 cm³/mol. The fourth-order valence-corrected chi connectivity index (χ4v) is 3.38. The molecule has 0 saturated carbocycles. The van der Waals surface area contributed by atoms with E-state index in [1.165, 1.54) is 0 Å². The molecule has 1 amide bonds. The number of rotatable bonds is 8. The summed E-state index contributed by atoms with van der Waals surface area (Å²) in [4.78, 5) is 17.7. The Bertz CT molecular complexity index is 384. The fraction of sp³-hybridized carbons (Fsp3) is 0.600. The average Bonchev–Trinajstić information content (AvgIpc) is 2.84. The molecule has 1 heterocycles. The molecule has 0 aromatic carbocycles. The van der Waals surface area contributed by atoms with Crippen LogP contribution in [0.2, 0.25) is 6.04 Å². The summed E-state index contributed by atoms with van der Waals surface area (Å²) < 4.78 is 15.9. The largest absolute Gasteiger partial charge is 0.500 e. The zero-order chi connectivity index (χ0) is 13.6. The lowest BCUT2D eigenvalue weighted by Crippen LogP contribution is -2.42. The van der Waals surface area contributed by atoms with E-state index in [2.05, 4.69) is 9.97 Å². The van der Waals surface area contributed by atoms with E-state index in [0.717, 1.165) is 12.1 Å². The van der Waals surface area contributed by atoms with E-state index in [1.54, 1.807) is 27.5 Å². The van der Waals surface area contributed by atoms with Gasteiger partial charge in [0.25, 0.3) is 5.91 Å². The van der Waals surface area contributed by atoms with Crippen LogP contribution in [0.25, 0.3) is 0 Å². The maximum absolute atomic E-state index is 10.9. The van der Waals surface area contributed by atoms with Gasteiger partial charge in [-0.05, 0) is 12.8 Å².